The highest BCUT2D eigenvalue weighted by Gasteiger charge is 2.35. The van der Waals surface area contributed by atoms with Crippen LogP contribution in [0.4, 0.5) is 0 Å². The van der Waals surface area contributed by atoms with Crippen LogP contribution in [0.5, 0.6) is 0 Å². The molecule has 0 bridgehead atoms. The van der Waals surface area contributed by atoms with Crippen LogP contribution in [0.15, 0.2) is 46.2 Å². The highest BCUT2D eigenvalue weighted by molar-refractivity contribution is 7.91. The maximum atomic E-state index is 13.4. The average molecular weight is 918 g/mol. The van der Waals surface area contributed by atoms with Gasteiger partial charge in [-0.25, -0.2) is 26.8 Å². The molecule has 2 saturated carbocycles. The summed E-state index contributed by atoms with van der Waals surface area (Å²) < 4.78 is 57.3. The lowest BCUT2D eigenvalue weighted by Gasteiger charge is -2.33. The van der Waals surface area contributed by atoms with Crippen molar-refractivity contribution in [2.24, 2.45) is 40.4 Å². The van der Waals surface area contributed by atoms with Crippen LogP contribution in [0.2, 0.25) is 0 Å². The van der Waals surface area contributed by atoms with E-state index in [4.69, 9.17) is 9.97 Å². The fraction of sp³-hybridized carbons (Fsp3) is 0.673. The number of carbonyl (C=O) groups excluding carboxylic acids is 2. The Morgan fingerprint density at radius 3 is 1.52 bits per heavy atom. The molecule has 1 unspecified atom stereocenters. The minimum atomic E-state index is -3.47. The molecule has 0 radical (unpaired) electrons. The van der Waals surface area contributed by atoms with Crippen molar-refractivity contribution in [3.63, 3.8) is 0 Å². The molecular weight excluding hydrogens is 847 g/mol. The molecule has 2 N–H and O–H groups in total. The summed E-state index contributed by atoms with van der Waals surface area (Å²) in [5.41, 5.74) is 3.92. The minimum Gasteiger partial charge on any atom is -0.355 e. The van der Waals surface area contributed by atoms with Gasteiger partial charge in [0, 0.05) is 52.0 Å². The van der Waals surface area contributed by atoms with Gasteiger partial charge in [-0.05, 0) is 135 Å². The molecule has 5 aliphatic rings. The number of rotatable bonds is 13. The van der Waals surface area contributed by atoms with E-state index < -0.39 is 19.7 Å². The number of benzene rings is 2. The largest absolute Gasteiger partial charge is 0.355 e. The van der Waals surface area contributed by atoms with Crippen molar-refractivity contribution in [1.82, 2.24) is 34.6 Å². The van der Waals surface area contributed by atoms with E-state index in [1.165, 1.54) is 25.7 Å². The molecule has 2 aromatic carbocycles. The third kappa shape index (κ3) is 11.8. The Labute approximate surface area is 380 Å². The van der Waals surface area contributed by atoms with E-state index in [9.17, 15) is 26.4 Å². The first kappa shape index (κ1) is 46.7. The number of imidazole rings is 2. The van der Waals surface area contributed by atoms with Gasteiger partial charge >= 0.3 is 0 Å². The lowest BCUT2D eigenvalue weighted by Crippen LogP contribution is -2.43. The summed E-state index contributed by atoms with van der Waals surface area (Å²) in [5, 5.41) is 6.02. The van der Waals surface area contributed by atoms with Gasteiger partial charge in [0.15, 0.2) is 19.7 Å². The Morgan fingerprint density at radius 2 is 1.11 bits per heavy atom. The second-order valence-electron chi connectivity index (χ2n) is 22.2. The number of aromatic nitrogens is 4. The van der Waals surface area contributed by atoms with Crippen LogP contribution in [0, 0.1) is 40.4 Å². The van der Waals surface area contributed by atoms with Gasteiger partial charge < -0.3 is 24.7 Å². The van der Waals surface area contributed by atoms with Gasteiger partial charge in [-0.15, -0.1) is 0 Å². The Morgan fingerprint density at radius 1 is 0.656 bits per heavy atom. The van der Waals surface area contributed by atoms with Gasteiger partial charge in [-0.3, -0.25) is 9.59 Å². The summed E-state index contributed by atoms with van der Waals surface area (Å²) in [6.07, 6.45) is 10.3. The van der Waals surface area contributed by atoms with Gasteiger partial charge in [0.05, 0.1) is 49.3 Å². The number of hydrogen-bond donors (Lipinski definition) is 2. The average Bonchev–Trinajstić information content (AvgIpc) is 4.13. The Balaban J connectivity index is 0.000000181. The molecule has 64 heavy (non-hydrogen) atoms. The van der Waals surface area contributed by atoms with Gasteiger partial charge in [0.25, 0.3) is 0 Å². The van der Waals surface area contributed by atoms with E-state index in [2.05, 4.69) is 61.3 Å². The summed E-state index contributed by atoms with van der Waals surface area (Å²) in [6, 6.07) is 11.0. The maximum absolute atomic E-state index is 13.4. The third-order valence-corrected chi connectivity index (χ3v) is 17.4. The van der Waals surface area contributed by atoms with E-state index >= 15 is 0 Å². The molecule has 3 aliphatic heterocycles. The summed E-state index contributed by atoms with van der Waals surface area (Å²) in [5.74, 6) is 3.83. The fourth-order valence-corrected chi connectivity index (χ4v) is 13.1. The molecule has 5 heterocycles. The quantitative estimate of drug-likeness (QED) is 0.144. The number of sulfone groups is 2. The number of amides is 2. The van der Waals surface area contributed by atoms with Crippen molar-refractivity contribution >= 4 is 53.6 Å². The Hall–Kier alpha value is -3.82. The highest BCUT2D eigenvalue weighted by atomic mass is 32.2. The second kappa shape index (κ2) is 18.5. The van der Waals surface area contributed by atoms with Crippen molar-refractivity contribution in [3.05, 3.63) is 48.0 Å². The molecular formula is C49H71N7O6S2. The molecule has 3 saturated heterocycles. The standard InChI is InChI=1S/C27H38N4O4S.C22H33N3O2S/c1-27(2,3)14-24-29-22-13-21(6-7-23(22)31(24)16-18-4-5-18)36(34,35)17-19-8-10-30(11-9-19)26(33)20-12-25(32)28-15-20;1-22(2,3)13-21-24-19-12-18(6-7-20(19)25(21)14-16-4-5-16)28(26,27)15-17-8-10-23-11-9-17/h6-7,13,18-20H,4-5,8-12,14-17H2,1-3H3,(H,28,32);6-7,12,16-17,23H,4-5,8-11,13-15H2,1-3H3. The molecule has 9 rings (SSSR count). The Kier molecular flexibility index (Phi) is 13.5. The molecule has 5 fully saturated rings. The first-order chi connectivity index (χ1) is 30.2. The van der Waals surface area contributed by atoms with Gasteiger partial charge in [0.2, 0.25) is 11.8 Å². The number of nitrogens with one attached hydrogen (secondary N) is 2. The minimum absolute atomic E-state index is 0.00736. The number of likely N-dealkylation sites (tertiary alicyclic amines) is 1. The van der Waals surface area contributed by atoms with E-state index in [1.54, 1.807) is 29.2 Å². The van der Waals surface area contributed by atoms with Crippen molar-refractivity contribution in [2.45, 2.75) is 135 Å². The molecule has 0 spiro atoms. The van der Waals surface area contributed by atoms with E-state index in [0.717, 1.165) is 91.5 Å². The van der Waals surface area contributed by atoms with Crippen molar-refractivity contribution < 1.29 is 26.4 Å². The summed E-state index contributed by atoms with van der Waals surface area (Å²) in [4.78, 5) is 36.5. The van der Waals surface area contributed by atoms with Crippen molar-refractivity contribution in [3.8, 4) is 0 Å². The molecule has 2 aliphatic carbocycles. The van der Waals surface area contributed by atoms with Crippen LogP contribution in [0.3, 0.4) is 0 Å². The molecule has 350 valence electrons. The number of nitrogens with zero attached hydrogens (tertiary/aromatic N) is 5. The van der Waals surface area contributed by atoms with E-state index in [1.807, 2.05) is 12.1 Å². The SMILES string of the molecule is CC(C)(C)Cc1nc2cc(S(=O)(=O)CC3CCN(C(=O)C4CNC(=O)C4)CC3)ccc2n1CC1CC1.CC(C)(C)Cc1nc2cc(S(=O)(=O)CC3CCNCC3)ccc2n1CC1CC1. The van der Waals surface area contributed by atoms with Gasteiger partial charge in [-0.2, -0.15) is 0 Å². The maximum Gasteiger partial charge on any atom is 0.227 e. The van der Waals surface area contributed by atoms with Crippen LogP contribution >= 0.6 is 0 Å². The first-order valence-corrected chi connectivity index (χ1v) is 27.2. The van der Waals surface area contributed by atoms with Crippen LogP contribution in [-0.2, 0) is 55.2 Å². The molecule has 4 aromatic rings. The predicted molar refractivity (Wildman–Crippen MR) is 251 cm³/mol. The lowest BCUT2D eigenvalue weighted by molar-refractivity contribution is -0.137. The lowest BCUT2D eigenvalue weighted by atomic mass is 9.92. The number of fused-ring (bicyclic) bond motifs is 2. The summed E-state index contributed by atoms with van der Waals surface area (Å²) >= 11 is 0. The smallest absolute Gasteiger partial charge is 0.227 e. The number of piperidine rings is 2. The van der Waals surface area contributed by atoms with Crippen LogP contribution < -0.4 is 10.6 Å². The van der Waals surface area contributed by atoms with E-state index in [0.29, 0.717) is 48.2 Å². The number of hydrogen-bond acceptors (Lipinski definition) is 9. The zero-order valence-corrected chi connectivity index (χ0v) is 40.6. The third-order valence-electron chi connectivity index (χ3n) is 13.6. The van der Waals surface area contributed by atoms with Crippen molar-refractivity contribution in [2.75, 3.05) is 44.2 Å². The summed E-state index contributed by atoms with van der Waals surface area (Å²) in [6.45, 7) is 18.6. The zero-order chi connectivity index (χ0) is 45.6. The molecule has 2 aromatic heterocycles. The topological polar surface area (TPSA) is 165 Å². The monoisotopic (exact) mass is 917 g/mol. The number of carbonyl (C=O) groups is 2. The molecule has 1 atom stereocenters. The van der Waals surface area contributed by atoms with Gasteiger partial charge in [-0.1, -0.05) is 41.5 Å². The first-order valence-electron chi connectivity index (χ1n) is 23.9. The van der Waals surface area contributed by atoms with Crippen LogP contribution in [-0.4, -0.2) is 96.9 Å². The van der Waals surface area contributed by atoms with Crippen LogP contribution in [0.1, 0.15) is 111 Å². The predicted octanol–water partition coefficient (Wildman–Crippen LogP) is 6.99. The highest BCUT2D eigenvalue weighted by Crippen LogP contribution is 2.36. The second-order valence-corrected chi connectivity index (χ2v) is 26.2. The van der Waals surface area contributed by atoms with Crippen molar-refractivity contribution in [1.29, 1.82) is 0 Å². The molecule has 15 heteroatoms. The zero-order valence-electron chi connectivity index (χ0n) is 39.0. The molecule has 2 amide bonds. The summed E-state index contributed by atoms with van der Waals surface area (Å²) in [7, 11) is -6.75. The Bertz CT molecular complexity index is 2560. The van der Waals surface area contributed by atoms with Gasteiger partial charge in [0.1, 0.15) is 11.6 Å². The molecule has 13 nitrogen and oxygen atoms in total. The fourth-order valence-electron chi connectivity index (χ4n) is 9.67. The van der Waals surface area contributed by atoms with Crippen LogP contribution in [0.25, 0.3) is 22.1 Å². The van der Waals surface area contributed by atoms with E-state index in [-0.39, 0.29) is 58.3 Å². The normalized spacial score (nSPS) is 20.8.